The van der Waals surface area contributed by atoms with Gasteiger partial charge < -0.3 is 20.2 Å². The monoisotopic (exact) mass is 278 g/mol. The van der Waals surface area contributed by atoms with Crippen molar-refractivity contribution >= 4 is 12.0 Å². The molecule has 6 nitrogen and oxygen atoms in total. The maximum Gasteiger partial charge on any atom is 0.371 e. The van der Waals surface area contributed by atoms with Gasteiger partial charge >= 0.3 is 12.0 Å². The predicted octanol–water partition coefficient (Wildman–Crippen LogP) is 2.13. The number of amides is 2. The number of hydrogen-bond donors (Lipinski definition) is 3. The van der Waals surface area contributed by atoms with Gasteiger partial charge in [0.05, 0.1) is 6.54 Å². The smallest absolute Gasteiger partial charge is 0.371 e. The second-order valence-corrected chi connectivity index (χ2v) is 4.79. The zero-order chi connectivity index (χ0) is 14.4. The second-order valence-electron chi connectivity index (χ2n) is 4.79. The fraction of sp³-hybridized carbons (Fsp3) is 0.429. The Morgan fingerprint density at radius 1 is 1.30 bits per heavy atom. The molecule has 0 spiro atoms. The zero-order valence-corrected chi connectivity index (χ0v) is 11.1. The van der Waals surface area contributed by atoms with Crippen molar-refractivity contribution in [3.05, 3.63) is 35.8 Å². The summed E-state index contributed by atoms with van der Waals surface area (Å²) in [6, 6.07) is 2.63. The number of allylic oxidation sites excluding steroid dienone is 2. The molecule has 0 aliphatic heterocycles. The van der Waals surface area contributed by atoms with Gasteiger partial charge in [-0.05, 0) is 37.3 Å². The summed E-state index contributed by atoms with van der Waals surface area (Å²) in [6.45, 7) is 0.818. The number of carbonyl (C=O) groups is 2. The zero-order valence-electron chi connectivity index (χ0n) is 11.1. The number of hydrogen-bond acceptors (Lipinski definition) is 3. The van der Waals surface area contributed by atoms with Crippen molar-refractivity contribution in [1.29, 1.82) is 0 Å². The maximum absolute atomic E-state index is 11.6. The fourth-order valence-corrected chi connectivity index (χ4v) is 2.10. The standard InChI is InChI=1S/C14H18N2O4/c17-13(18)12-7-6-11(20-12)9-16-14(19)15-8-10-4-2-1-3-5-10/h1-2,6-7,10H,3-5,8-9H2,(H,17,18)(H2,15,16,19). The van der Waals surface area contributed by atoms with Gasteiger partial charge in [-0.3, -0.25) is 0 Å². The van der Waals surface area contributed by atoms with Crippen molar-refractivity contribution in [1.82, 2.24) is 10.6 Å². The van der Waals surface area contributed by atoms with Crippen LogP contribution < -0.4 is 10.6 Å². The van der Waals surface area contributed by atoms with Crippen LogP contribution in [0.2, 0.25) is 0 Å². The Balaban J connectivity index is 1.68. The summed E-state index contributed by atoms with van der Waals surface area (Å²) >= 11 is 0. The van der Waals surface area contributed by atoms with Crippen molar-refractivity contribution in [3.63, 3.8) is 0 Å². The van der Waals surface area contributed by atoms with Crippen LogP contribution in [0.1, 0.15) is 35.6 Å². The van der Waals surface area contributed by atoms with E-state index in [1.165, 1.54) is 12.1 Å². The molecule has 108 valence electrons. The molecule has 0 saturated carbocycles. The van der Waals surface area contributed by atoms with Crippen LogP contribution in [-0.2, 0) is 6.54 Å². The molecule has 0 radical (unpaired) electrons. The minimum absolute atomic E-state index is 0.129. The molecule has 3 N–H and O–H groups in total. The van der Waals surface area contributed by atoms with E-state index in [0.29, 0.717) is 18.2 Å². The number of carboxylic acids is 1. The van der Waals surface area contributed by atoms with Crippen LogP contribution in [0.5, 0.6) is 0 Å². The molecule has 2 amide bonds. The summed E-state index contributed by atoms with van der Waals surface area (Å²) < 4.78 is 5.04. The van der Waals surface area contributed by atoms with Gasteiger partial charge in [0.25, 0.3) is 0 Å². The highest BCUT2D eigenvalue weighted by Gasteiger charge is 2.12. The summed E-state index contributed by atoms with van der Waals surface area (Å²) in [5.74, 6) is -0.339. The largest absolute Gasteiger partial charge is 0.475 e. The van der Waals surface area contributed by atoms with Crippen LogP contribution in [0.15, 0.2) is 28.7 Å². The van der Waals surface area contributed by atoms with Gasteiger partial charge in [0.15, 0.2) is 0 Å². The number of carbonyl (C=O) groups excluding carboxylic acids is 1. The second kappa shape index (κ2) is 6.79. The third-order valence-corrected chi connectivity index (χ3v) is 3.22. The molecule has 1 aliphatic rings. The molecular weight excluding hydrogens is 260 g/mol. The Morgan fingerprint density at radius 2 is 2.15 bits per heavy atom. The number of nitrogens with one attached hydrogen (secondary N) is 2. The predicted molar refractivity (Wildman–Crippen MR) is 72.4 cm³/mol. The van der Waals surface area contributed by atoms with E-state index in [4.69, 9.17) is 9.52 Å². The van der Waals surface area contributed by atoms with Crippen LogP contribution in [-0.4, -0.2) is 23.7 Å². The molecule has 0 bridgehead atoms. The Kier molecular flexibility index (Phi) is 4.81. The van der Waals surface area contributed by atoms with Crippen LogP contribution in [0.3, 0.4) is 0 Å². The van der Waals surface area contributed by atoms with Crippen LogP contribution in [0.4, 0.5) is 4.79 Å². The number of furan rings is 1. The number of aromatic carboxylic acids is 1. The topological polar surface area (TPSA) is 91.6 Å². The average Bonchev–Trinajstić information content (AvgIpc) is 2.93. The molecule has 1 aromatic heterocycles. The molecule has 0 fully saturated rings. The third kappa shape index (κ3) is 4.15. The van der Waals surface area contributed by atoms with Gasteiger partial charge in [-0.1, -0.05) is 12.2 Å². The molecule has 0 aromatic carbocycles. The highest BCUT2D eigenvalue weighted by Crippen LogP contribution is 2.16. The van der Waals surface area contributed by atoms with E-state index in [2.05, 4.69) is 22.8 Å². The molecule has 1 aromatic rings. The van der Waals surface area contributed by atoms with Crippen LogP contribution in [0, 0.1) is 5.92 Å². The molecule has 1 aliphatic carbocycles. The molecule has 1 unspecified atom stereocenters. The van der Waals surface area contributed by atoms with E-state index in [9.17, 15) is 9.59 Å². The first-order valence-corrected chi connectivity index (χ1v) is 6.64. The molecule has 20 heavy (non-hydrogen) atoms. The Labute approximate surface area is 116 Å². The Hall–Kier alpha value is -2.24. The highest BCUT2D eigenvalue weighted by molar-refractivity contribution is 5.84. The SMILES string of the molecule is O=C(NCc1ccc(C(=O)O)o1)NCC1CC=CCC1. The lowest BCUT2D eigenvalue weighted by atomic mass is 9.94. The first-order chi connectivity index (χ1) is 9.65. The van der Waals surface area contributed by atoms with E-state index in [1.54, 1.807) is 0 Å². The summed E-state index contributed by atoms with van der Waals surface area (Å²) in [5.41, 5.74) is 0. The number of urea groups is 1. The minimum atomic E-state index is -1.12. The lowest BCUT2D eigenvalue weighted by molar-refractivity contribution is 0.0660. The van der Waals surface area contributed by atoms with E-state index >= 15 is 0 Å². The molecule has 0 saturated heterocycles. The van der Waals surface area contributed by atoms with Crippen LogP contribution in [0.25, 0.3) is 0 Å². The summed E-state index contributed by atoms with van der Waals surface area (Å²) in [4.78, 5) is 22.2. The first-order valence-electron chi connectivity index (χ1n) is 6.64. The van der Waals surface area contributed by atoms with E-state index < -0.39 is 5.97 Å². The van der Waals surface area contributed by atoms with Crippen molar-refractivity contribution in [2.45, 2.75) is 25.8 Å². The van der Waals surface area contributed by atoms with Crippen molar-refractivity contribution in [2.24, 2.45) is 5.92 Å². The van der Waals surface area contributed by atoms with E-state index in [-0.39, 0.29) is 18.3 Å². The van der Waals surface area contributed by atoms with Crippen molar-refractivity contribution in [3.8, 4) is 0 Å². The minimum Gasteiger partial charge on any atom is -0.475 e. The third-order valence-electron chi connectivity index (χ3n) is 3.22. The summed E-state index contributed by atoms with van der Waals surface area (Å²) in [6.07, 6.45) is 7.47. The fourth-order valence-electron chi connectivity index (χ4n) is 2.10. The van der Waals surface area contributed by atoms with Gasteiger partial charge in [0.2, 0.25) is 5.76 Å². The van der Waals surface area contributed by atoms with Gasteiger partial charge in [-0.2, -0.15) is 0 Å². The van der Waals surface area contributed by atoms with Gasteiger partial charge in [0.1, 0.15) is 5.76 Å². The van der Waals surface area contributed by atoms with Crippen LogP contribution >= 0.6 is 0 Å². The lowest BCUT2D eigenvalue weighted by Gasteiger charge is -2.18. The van der Waals surface area contributed by atoms with Crippen molar-refractivity contribution < 1.29 is 19.1 Å². The van der Waals surface area contributed by atoms with Crippen molar-refractivity contribution in [2.75, 3.05) is 6.54 Å². The van der Waals surface area contributed by atoms with Gasteiger partial charge in [-0.15, -0.1) is 0 Å². The van der Waals surface area contributed by atoms with Gasteiger partial charge in [-0.25, -0.2) is 9.59 Å². The quantitative estimate of drug-likeness (QED) is 0.719. The lowest BCUT2D eigenvalue weighted by Crippen LogP contribution is -2.38. The average molecular weight is 278 g/mol. The normalized spacial score (nSPS) is 17.7. The molecule has 1 heterocycles. The number of rotatable bonds is 5. The van der Waals surface area contributed by atoms with E-state index in [1.807, 2.05) is 0 Å². The summed E-state index contributed by atoms with van der Waals surface area (Å²) in [7, 11) is 0. The Bertz CT molecular complexity index is 507. The highest BCUT2D eigenvalue weighted by atomic mass is 16.4. The first kappa shape index (κ1) is 14.2. The molecule has 6 heteroatoms. The summed E-state index contributed by atoms with van der Waals surface area (Å²) in [5, 5.41) is 14.2. The Morgan fingerprint density at radius 3 is 2.80 bits per heavy atom. The molecule has 2 rings (SSSR count). The number of carboxylic acid groups (broad SMARTS) is 1. The maximum atomic E-state index is 11.6. The van der Waals surface area contributed by atoms with Gasteiger partial charge in [0, 0.05) is 6.54 Å². The molecular formula is C14H18N2O4. The van der Waals surface area contributed by atoms with E-state index in [0.717, 1.165) is 19.3 Å². The molecule has 1 atom stereocenters.